The summed E-state index contributed by atoms with van der Waals surface area (Å²) in [6, 6.07) is 0. The van der Waals surface area contributed by atoms with Crippen LogP contribution < -0.4 is 5.73 Å². The molecule has 0 atom stereocenters. The molecule has 5 heteroatoms. The first-order valence-electron chi connectivity index (χ1n) is 3.33. The van der Waals surface area contributed by atoms with Crippen LogP contribution in [0.25, 0.3) is 0 Å². The molecular formula is C5H15NO3Si. The van der Waals surface area contributed by atoms with Crippen molar-refractivity contribution in [1.82, 2.24) is 0 Å². The molecule has 5 N–H and O–H groups in total. The fourth-order valence-corrected chi connectivity index (χ4v) is 1.67. The predicted octanol–water partition coefficient (Wildman–Crippen LogP) is -1.04. The van der Waals surface area contributed by atoms with Gasteiger partial charge >= 0.3 is 8.80 Å². The molecule has 4 nitrogen and oxygen atoms in total. The topological polar surface area (TPSA) is 86.7 Å². The van der Waals surface area contributed by atoms with E-state index >= 15 is 0 Å². The van der Waals surface area contributed by atoms with E-state index in [1.165, 1.54) is 0 Å². The van der Waals surface area contributed by atoms with Gasteiger partial charge in [-0.1, -0.05) is 13.8 Å². The fourth-order valence-electron chi connectivity index (χ4n) is 0.724. The van der Waals surface area contributed by atoms with E-state index in [2.05, 4.69) is 0 Å². The fraction of sp³-hybridized carbons (Fsp3) is 1.00. The van der Waals surface area contributed by atoms with Crippen LogP contribution in [-0.4, -0.2) is 28.4 Å². The van der Waals surface area contributed by atoms with Crippen molar-refractivity contribution < 1.29 is 14.4 Å². The van der Waals surface area contributed by atoms with Gasteiger partial charge in [0.2, 0.25) is 0 Å². The Morgan fingerprint density at radius 1 is 1.20 bits per heavy atom. The summed E-state index contributed by atoms with van der Waals surface area (Å²) in [6.07, 6.45) is 0.748. The Kier molecular flexibility index (Phi) is 2.99. The Bertz CT molecular complexity index is 108. The van der Waals surface area contributed by atoms with Crippen molar-refractivity contribution in [3.8, 4) is 0 Å². The lowest BCUT2D eigenvalue weighted by molar-refractivity contribution is 0.174. The van der Waals surface area contributed by atoms with E-state index in [9.17, 15) is 0 Å². The third-order valence-corrected chi connectivity index (χ3v) is 3.97. The average molecular weight is 165 g/mol. The maximum Gasteiger partial charge on any atom is 0.513 e. The Hall–Kier alpha value is 0.0569. The number of hydrogen-bond donors (Lipinski definition) is 4. The van der Waals surface area contributed by atoms with Gasteiger partial charge in [0.25, 0.3) is 0 Å². The van der Waals surface area contributed by atoms with Gasteiger partial charge in [0.15, 0.2) is 0 Å². The lowest BCUT2D eigenvalue weighted by Gasteiger charge is -2.31. The normalized spacial score (nSPS) is 13.8. The summed E-state index contributed by atoms with van der Waals surface area (Å²) in [5, 5.41) is -1.17. The van der Waals surface area contributed by atoms with E-state index in [1.54, 1.807) is 13.8 Å². The Morgan fingerprint density at radius 3 is 1.50 bits per heavy atom. The highest BCUT2D eigenvalue weighted by Crippen LogP contribution is 2.17. The smallest absolute Gasteiger partial charge is 0.389 e. The highest BCUT2D eigenvalue weighted by Gasteiger charge is 2.48. The van der Waals surface area contributed by atoms with Crippen LogP contribution in [0.4, 0.5) is 0 Å². The highest BCUT2D eigenvalue weighted by atomic mass is 28.4. The first-order valence-corrected chi connectivity index (χ1v) is 5.17. The summed E-state index contributed by atoms with van der Waals surface area (Å²) >= 11 is 0. The van der Waals surface area contributed by atoms with Gasteiger partial charge in [-0.05, 0) is 12.8 Å². The molecule has 0 aromatic heterocycles. The minimum atomic E-state index is -4.13. The summed E-state index contributed by atoms with van der Waals surface area (Å²) in [5.74, 6) is 0. The number of nitrogens with two attached hydrogens (primary N) is 1. The van der Waals surface area contributed by atoms with Crippen LogP contribution in [0.5, 0.6) is 0 Å². The zero-order valence-corrected chi connectivity index (χ0v) is 7.33. The molecule has 0 heterocycles. The molecule has 62 valence electrons. The molecule has 0 radical (unpaired) electrons. The molecule has 0 aliphatic heterocycles. The van der Waals surface area contributed by atoms with Gasteiger partial charge in [-0.3, -0.25) is 0 Å². The second-order valence-corrected chi connectivity index (χ2v) is 4.77. The van der Waals surface area contributed by atoms with Crippen molar-refractivity contribution in [2.45, 2.75) is 31.9 Å². The maximum absolute atomic E-state index is 8.86. The van der Waals surface area contributed by atoms with Gasteiger partial charge in [-0.15, -0.1) is 0 Å². The second kappa shape index (κ2) is 2.98. The summed E-state index contributed by atoms with van der Waals surface area (Å²) in [4.78, 5) is 26.6. The summed E-state index contributed by atoms with van der Waals surface area (Å²) in [5.41, 5.74) is 5.49. The zero-order chi connectivity index (χ0) is 8.41. The van der Waals surface area contributed by atoms with Crippen LogP contribution in [-0.2, 0) is 0 Å². The van der Waals surface area contributed by atoms with Crippen molar-refractivity contribution in [1.29, 1.82) is 0 Å². The van der Waals surface area contributed by atoms with Crippen molar-refractivity contribution in [3.63, 3.8) is 0 Å². The third kappa shape index (κ3) is 1.77. The third-order valence-electron chi connectivity index (χ3n) is 1.93. The molecule has 0 rings (SSSR count). The molecule has 0 aliphatic carbocycles. The molecule has 0 aromatic rings. The standard InChI is InChI=1S/C5H15NO3Si/c1-3-5(6,4-2)10(7,8)9/h7-9H,3-4,6H2,1-2H3. The lowest BCUT2D eigenvalue weighted by Crippen LogP contribution is -2.65. The lowest BCUT2D eigenvalue weighted by atomic mass is 10.2. The number of rotatable bonds is 3. The van der Waals surface area contributed by atoms with Crippen LogP contribution in [0.15, 0.2) is 0 Å². The quantitative estimate of drug-likeness (QED) is 0.402. The molecule has 10 heavy (non-hydrogen) atoms. The van der Waals surface area contributed by atoms with Crippen LogP contribution in [0.3, 0.4) is 0 Å². The average Bonchev–Trinajstić information content (AvgIpc) is 1.84. The molecular weight excluding hydrogens is 150 g/mol. The van der Waals surface area contributed by atoms with Gasteiger partial charge < -0.3 is 20.1 Å². The van der Waals surface area contributed by atoms with Crippen LogP contribution in [0.1, 0.15) is 26.7 Å². The molecule has 0 fully saturated rings. The molecule has 0 saturated heterocycles. The summed E-state index contributed by atoms with van der Waals surface area (Å²) in [6.45, 7) is 3.43. The van der Waals surface area contributed by atoms with E-state index < -0.39 is 14.0 Å². The molecule has 0 aromatic carbocycles. The maximum atomic E-state index is 8.86. The van der Waals surface area contributed by atoms with E-state index in [-0.39, 0.29) is 0 Å². The van der Waals surface area contributed by atoms with Crippen LogP contribution in [0, 0.1) is 0 Å². The molecule has 0 bridgehead atoms. The van der Waals surface area contributed by atoms with Crippen molar-refractivity contribution in [3.05, 3.63) is 0 Å². The number of hydrogen-bond acceptors (Lipinski definition) is 4. The van der Waals surface area contributed by atoms with Gasteiger partial charge in [-0.25, -0.2) is 0 Å². The highest BCUT2D eigenvalue weighted by molar-refractivity contribution is 6.60. The van der Waals surface area contributed by atoms with E-state index in [4.69, 9.17) is 20.1 Å². The summed E-state index contributed by atoms with van der Waals surface area (Å²) in [7, 11) is -4.13. The van der Waals surface area contributed by atoms with Gasteiger partial charge in [-0.2, -0.15) is 0 Å². The van der Waals surface area contributed by atoms with Crippen LogP contribution >= 0.6 is 0 Å². The van der Waals surface area contributed by atoms with E-state index in [1.807, 2.05) is 0 Å². The minimum Gasteiger partial charge on any atom is -0.389 e. The van der Waals surface area contributed by atoms with Crippen molar-refractivity contribution >= 4 is 8.80 Å². The molecule has 0 spiro atoms. The molecule has 0 saturated carbocycles. The van der Waals surface area contributed by atoms with Crippen molar-refractivity contribution in [2.75, 3.05) is 0 Å². The van der Waals surface area contributed by atoms with Crippen molar-refractivity contribution in [2.24, 2.45) is 5.73 Å². The molecule has 0 aliphatic rings. The van der Waals surface area contributed by atoms with Gasteiger partial charge in [0.1, 0.15) is 0 Å². The first kappa shape index (κ1) is 10.1. The Labute approximate surface area is 61.7 Å². The van der Waals surface area contributed by atoms with Crippen LogP contribution in [0.2, 0.25) is 0 Å². The van der Waals surface area contributed by atoms with E-state index in [0.29, 0.717) is 12.8 Å². The molecule has 0 unspecified atom stereocenters. The van der Waals surface area contributed by atoms with E-state index in [0.717, 1.165) is 0 Å². The second-order valence-electron chi connectivity index (χ2n) is 2.50. The monoisotopic (exact) mass is 165 g/mol. The van der Waals surface area contributed by atoms with Gasteiger partial charge in [0.05, 0.1) is 5.16 Å². The molecule has 0 amide bonds. The zero-order valence-electron chi connectivity index (χ0n) is 6.33. The Morgan fingerprint density at radius 2 is 1.50 bits per heavy atom. The largest absolute Gasteiger partial charge is 0.513 e. The summed E-state index contributed by atoms with van der Waals surface area (Å²) < 4.78 is 0. The van der Waals surface area contributed by atoms with Gasteiger partial charge in [0, 0.05) is 0 Å². The Balaban J connectivity index is 4.33. The minimum absolute atomic E-state index is 0.374. The predicted molar refractivity (Wildman–Crippen MR) is 39.9 cm³/mol. The first-order chi connectivity index (χ1) is 4.37. The SMILES string of the molecule is CCC(N)(CC)[Si](O)(O)O.